The lowest BCUT2D eigenvalue weighted by atomic mass is 9.77. The van der Waals surface area contributed by atoms with E-state index in [0.29, 0.717) is 11.7 Å². The van der Waals surface area contributed by atoms with Gasteiger partial charge < -0.3 is 20.9 Å². The van der Waals surface area contributed by atoms with Gasteiger partial charge in [-0.3, -0.25) is 9.59 Å². The van der Waals surface area contributed by atoms with Crippen molar-refractivity contribution in [2.45, 2.75) is 69.7 Å². The highest BCUT2D eigenvalue weighted by Gasteiger charge is 2.35. The zero-order chi connectivity index (χ0) is 19.9. The predicted octanol–water partition coefficient (Wildman–Crippen LogP) is 1.78. The molecule has 0 aromatic heterocycles. The second-order valence-electron chi connectivity index (χ2n) is 7.66. The number of thioether (sulfide) groups is 1. The molecule has 1 aliphatic rings. The monoisotopic (exact) mass is 388 g/mol. The molecule has 1 aliphatic carbocycles. The van der Waals surface area contributed by atoms with Gasteiger partial charge in [-0.05, 0) is 24.7 Å². The van der Waals surface area contributed by atoms with Crippen molar-refractivity contribution in [1.29, 1.82) is 0 Å². The van der Waals surface area contributed by atoms with E-state index < -0.39 is 36.4 Å². The molecule has 1 saturated carbocycles. The molecule has 4 N–H and O–H groups in total. The van der Waals surface area contributed by atoms with Crippen LogP contribution >= 0.6 is 11.8 Å². The number of carbonyl (C=O) groups excluding carboxylic acids is 2. The van der Waals surface area contributed by atoms with Gasteiger partial charge in [0.1, 0.15) is 6.04 Å². The molecule has 2 atom stereocenters. The number of carbonyl (C=O) groups is 3. The van der Waals surface area contributed by atoms with Crippen LogP contribution in [0.1, 0.15) is 52.9 Å². The number of carboxylic acids is 1. The smallest absolute Gasteiger partial charge is 0.329 e. The summed E-state index contributed by atoms with van der Waals surface area (Å²) < 4.78 is 4.75. The summed E-state index contributed by atoms with van der Waals surface area (Å²) in [6.45, 7) is 6.62. The molecular weight excluding hydrogens is 356 g/mol. The van der Waals surface area contributed by atoms with E-state index in [1.165, 1.54) is 32.8 Å². The third-order valence-electron chi connectivity index (χ3n) is 5.15. The van der Waals surface area contributed by atoms with Gasteiger partial charge in [-0.1, -0.05) is 33.6 Å². The Kier molecular flexibility index (Phi) is 8.89. The van der Waals surface area contributed by atoms with Crippen LogP contribution in [0.25, 0.3) is 0 Å². The first-order valence-corrected chi connectivity index (χ1v) is 10.0. The molecule has 0 heterocycles. The Morgan fingerprint density at radius 2 is 1.85 bits per heavy atom. The van der Waals surface area contributed by atoms with E-state index in [4.69, 9.17) is 15.6 Å². The molecule has 0 bridgehead atoms. The van der Waals surface area contributed by atoms with E-state index in [1.807, 2.05) is 0 Å². The highest BCUT2D eigenvalue weighted by molar-refractivity contribution is 8.00. The van der Waals surface area contributed by atoms with Crippen molar-refractivity contribution in [3.8, 4) is 0 Å². The molecule has 0 aromatic rings. The third kappa shape index (κ3) is 7.15. The molecule has 0 aromatic carbocycles. The predicted molar refractivity (Wildman–Crippen MR) is 102 cm³/mol. The maximum absolute atomic E-state index is 12.1. The Balaban J connectivity index is 2.65. The topological polar surface area (TPSA) is 119 Å². The summed E-state index contributed by atoms with van der Waals surface area (Å²) in [5.41, 5.74) is 5.57. The molecule has 1 fully saturated rings. The minimum absolute atomic E-state index is 0.0275. The van der Waals surface area contributed by atoms with Crippen LogP contribution in [0.5, 0.6) is 0 Å². The molecule has 7 nitrogen and oxygen atoms in total. The normalized spacial score (nSPS) is 23.0. The molecule has 0 spiro atoms. The second-order valence-corrected chi connectivity index (χ2v) is 9.33. The standard InChI is InChI=1S/C18H32N2O5S/c1-11-5-7-12(8-6-11)18(2,3)26-10-14(17(24)25-4)20-16(23)13(19)9-15(21)22/h11-14H,5-10,19H2,1-4H3,(H,20,23)(H,21,22)/t11?,12?,13-,14-/m0/s1. The fourth-order valence-corrected chi connectivity index (χ4v) is 4.53. The summed E-state index contributed by atoms with van der Waals surface area (Å²) in [5, 5.41) is 11.3. The lowest BCUT2D eigenvalue weighted by Gasteiger charge is -2.38. The third-order valence-corrected chi connectivity index (χ3v) is 6.73. The summed E-state index contributed by atoms with van der Waals surface area (Å²) in [4.78, 5) is 34.8. The maximum atomic E-state index is 12.1. The number of hydrogen-bond acceptors (Lipinski definition) is 6. The van der Waals surface area contributed by atoms with Gasteiger partial charge in [0.05, 0.1) is 19.6 Å². The van der Waals surface area contributed by atoms with Gasteiger partial charge >= 0.3 is 11.9 Å². The van der Waals surface area contributed by atoms with Gasteiger partial charge in [-0.2, -0.15) is 11.8 Å². The molecule has 150 valence electrons. The molecule has 0 saturated heterocycles. The average Bonchev–Trinajstić information content (AvgIpc) is 2.57. The number of aliphatic carboxylic acids is 1. The minimum Gasteiger partial charge on any atom is -0.481 e. The minimum atomic E-state index is -1.20. The molecule has 0 aliphatic heterocycles. The molecular formula is C18H32N2O5S. The van der Waals surface area contributed by atoms with Gasteiger partial charge in [0.2, 0.25) is 5.91 Å². The maximum Gasteiger partial charge on any atom is 0.329 e. The van der Waals surface area contributed by atoms with Crippen LogP contribution in [0.3, 0.4) is 0 Å². The Morgan fingerprint density at radius 1 is 1.27 bits per heavy atom. The van der Waals surface area contributed by atoms with Crippen LogP contribution < -0.4 is 11.1 Å². The van der Waals surface area contributed by atoms with Gasteiger partial charge in [-0.15, -0.1) is 0 Å². The van der Waals surface area contributed by atoms with E-state index in [1.54, 1.807) is 11.8 Å². The van der Waals surface area contributed by atoms with Crippen LogP contribution in [0, 0.1) is 11.8 Å². The number of rotatable bonds is 9. The molecule has 0 radical (unpaired) electrons. The van der Waals surface area contributed by atoms with Crippen molar-refractivity contribution in [3.05, 3.63) is 0 Å². The van der Waals surface area contributed by atoms with Gasteiger partial charge in [0.25, 0.3) is 0 Å². The Hall–Kier alpha value is -1.28. The quantitative estimate of drug-likeness (QED) is 0.515. The number of amides is 1. The van der Waals surface area contributed by atoms with Gasteiger partial charge in [0.15, 0.2) is 0 Å². The van der Waals surface area contributed by atoms with E-state index >= 15 is 0 Å². The Morgan fingerprint density at radius 3 is 2.35 bits per heavy atom. The fourth-order valence-electron chi connectivity index (χ4n) is 3.24. The lowest BCUT2D eigenvalue weighted by Crippen LogP contribution is -2.51. The summed E-state index contributed by atoms with van der Waals surface area (Å²) in [5.74, 6) is -0.688. The number of nitrogens with one attached hydrogen (secondary N) is 1. The number of nitrogens with two attached hydrogens (primary N) is 1. The molecule has 0 unspecified atom stereocenters. The number of esters is 1. The van der Waals surface area contributed by atoms with Crippen LogP contribution in [-0.4, -0.2) is 52.6 Å². The van der Waals surface area contributed by atoms with Crippen LogP contribution in [0.15, 0.2) is 0 Å². The highest BCUT2D eigenvalue weighted by atomic mass is 32.2. The van der Waals surface area contributed by atoms with E-state index in [9.17, 15) is 14.4 Å². The van der Waals surface area contributed by atoms with Crippen molar-refractivity contribution >= 4 is 29.6 Å². The van der Waals surface area contributed by atoms with Gasteiger partial charge in [-0.25, -0.2) is 4.79 Å². The number of methoxy groups -OCH3 is 1. The molecule has 8 heteroatoms. The van der Waals surface area contributed by atoms with Crippen molar-refractivity contribution in [3.63, 3.8) is 0 Å². The van der Waals surface area contributed by atoms with Crippen molar-refractivity contribution in [1.82, 2.24) is 5.32 Å². The SMILES string of the molecule is COC(=O)[C@H](CSC(C)(C)C1CCC(C)CC1)NC(=O)[C@@H](N)CC(=O)O. The Bertz CT molecular complexity index is 504. The summed E-state index contributed by atoms with van der Waals surface area (Å²) in [6.07, 6.45) is 4.28. The van der Waals surface area contributed by atoms with Crippen LogP contribution in [0.2, 0.25) is 0 Å². The fraction of sp³-hybridized carbons (Fsp3) is 0.833. The second kappa shape index (κ2) is 10.2. The van der Waals surface area contributed by atoms with Crippen LogP contribution in [0.4, 0.5) is 0 Å². The molecule has 26 heavy (non-hydrogen) atoms. The van der Waals surface area contributed by atoms with Crippen molar-refractivity contribution < 1.29 is 24.2 Å². The first-order valence-electron chi connectivity index (χ1n) is 9.06. The van der Waals surface area contributed by atoms with Crippen molar-refractivity contribution in [2.24, 2.45) is 17.6 Å². The first-order chi connectivity index (χ1) is 12.1. The van der Waals surface area contributed by atoms with Gasteiger partial charge in [0, 0.05) is 10.5 Å². The lowest BCUT2D eigenvalue weighted by molar-refractivity contribution is -0.144. The summed E-state index contributed by atoms with van der Waals surface area (Å²) >= 11 is 1.63. The first kappa shape index (κ1) is 22.8. The van der Waals surface area contributed by atoms with E-state index in [-0.39, 0.29) is 4.75 Å². The molecule has 1 amide bonds. The molecule has 1 rings (SSSR count). The summed E-state index contributed by atoms with van der Waals surface area (Å²) in [6, 6.07) is -2.04. The largest absolute Gasteiger partial charge is 0.481 e. The van der Waals surface area contributed by atoms with Crippen molar-refractivity contribution in [2.75, 3.05) is 12.9 Å². The zero-order valence-electron chi connectivity index (χ0n) is 16.1. The average molecular weight is 389 g/mol. The van der Waals surface area contributed by atoms with E-state index in [2.05, 4.69) is 26.1 Å². The number of carboxylic acid groups (broad SMARTS) is 1. The number of ether oxygens (including phenoxy) is 1. The Labute approximate surface area is 159 Å². The van der Waals surface area contributed by atoms with Crippen LogP contribution in [-0.2, 0) is 19.1 Å². The highest BCUT2D eigenvalue weighted by Crippen LogP contribution is 2.42. The van der Waals surface area contributed by atoms with E-state index in [0.717, 1.165) is 5.92 Å². The summed E-state index contributed by atoms with van der Waals surface area (Å²) in [7, 11) is 1.26. The zero-order valence-corrected chi connectivity index (χ0v) is 16.9. The number of hydrogen-bond donors (Lipinski definition) is 3.